The molecule has 0 aliphatic rings. The van der Waals surface area contributed by atoms with Gasteiger partial charge in [-0.3, -0.25) is 4.90 Å². The summed E-state index contributed by atoms with van der Waals surface area (Å²) >= 11 is 0. The molecule has 27 heavy (non-hydrogen) atoms. The molecule has 2 aromatic carbocycles. The van der Waals surface area contributed by atoms with Gasteiger partial charge in [0.25, 0.3) is 0 Å². The van der Waals surface area contributed by atoms with Crippen LogP contribution in [0.25, 0.3) is 11.1 Å². The second-order valence-electron chi connectivity index (χ2n) is 6.75. The van der Waals surface area contributed by atoms with Crippen LogP contribution < -0.4 is 15.0 Å². The molecule has 4 heteroatoms. The van der Waals surface area contributed by atoms with Crippen molar-refractivity contribution in [3.63, 3.8) is 0 Å². The Morgan fingerprint density at radius 3 is 2.56 bits per heavy atom. The third-order valence-electron chi connectivity index (χ3n) is 4.55. The maximum absolute atomic E-state index is 12.4. The number of carbonyl (C=O) groups is 1. The number of hydrogen-bond donors (Lipinski definition) is 1. The van der Waals surface area contributed by atoms with Crippen LogP contribution in [0.2, 0.25) is 0 Å². The first-order valence-electron chi connectivity index (χ1n) is 10.0. The number of benzene rings is 2. The van der Waals surface area contributed by atoms with E-state index in [4.69, 9.17) is 4.74 Å². The summed E-state index contributed by atoms with van der Waals surface area (Å²) in [6, 6.07) is 16.0. The van der Waals surface area contributed by atoms with Crippen molar-refractivity contribution in [3.8, 4) is 16.9 Å². The third kappa shape index (κ3) is 6.31. The van der Waals surface area contributed by atoms with Crippen LogP contribution in [0.4, 0.5) is 10.5 Å². The molecule has 4 nitrogen and oxygen atoms in total. The summed E-state index contributed by atoms with van der Waals surface area (Å²) in [5.41, 5.74) is 2.96. The molecular formula is C23H32N2O2. The number of unbranched alkanes of at least 4 members (excludes halogenated alkanes) is 3. The van der Waals surface area contributed by atoms with Crippen LogP contribution >= 0.6 is 0 Å². The molecule has 2 rings (SSSR count). The van der Waals surface area contributed by atoms with E-state index < -0.39 is 0 Å². The topological polar surface area (TPSA) is 41.6 Å². The maximum Gasteiger partial charge on any atom is 0.321 e. The van der Waals surface area contributed by atoms with Gasteiger partial charge in [0, 0.05) is 24.8 Å². The lowest BCUT2D eigenvalue weighted by Crippen LogP contribution is -2.37. The minimum Gasteiger partial charge on any atom is -0.493 e. The normalized spacial score (nSPS) is 10.5. The molecule has 146 valence electrons. The quantitative estimate of drug-likeness (QED) is 0.533. The molecule has 0 aromatic heterocycles. The van der Waals surface area contributed by atoms with Crippen molar-refractivity contribution < 1.29 is 9.53 Å². The van der Waals surface area contributed by atoms with Crippen LogP contribution in [-0.4, -0.2) is 26.2 Å². The molecule has 0 aliphatic carbocycles. The number of hydrogen-bond acceptors (Lipinski definition) is 2. The van der Waals surface area contributed by atoms with Crippen molar-refractivity contribution in [2.75, 3.05) is 25.1 Å². The first kappa shape index (κ1) is 20.8. The predicted molar refractivity (Wildman–Crippen MR) is 114 cm³/mol. The van der Waals surface area contributed by atoms with Gasteiger partial charge < -0.3 is 10.1 Å². The summed E-state index contributed by atoms with van der Waals surface area (Å²) in [6.45, 7) is 5.74. The van der Waals surface area contributed by atoms with Crippen molar-refractivity contribution in [1.82, 2.24) is 5.32 Å². The number of ether oxygens (including phenoxy) is 1. The Morgan fingerprint density at radius 1 is 1.00 bits per heavy atom. The standard InChI is InChI=1S/C23H32N2O2/c1-4-6-10-16-24-23(26)25(3)20-13-11-12-19(18-20)21-14-8-9-15-22(21)27-17-7-5-2/h8-9,11-15,18H,4-7,10,16-17H2,1-3H3,(H,24,26). The fourth-order valence-electron chi connectivity index (χ4n) is 2.85. The summed E-state index contributed by atoms with van der Waals surface area (Å²) in [5.74, 6) is 0.884. The van der Waals surface area contributed by atoms with Gasteiger partial charge in [-0.15, -0.1) is 0 Å². The van der Waals surface area contributed by atoms with Gasteiger partial charge in [0.05, 0.1) is 6.61 Å². The molecule has 0 heterocycles. The Bertz CT molecular complexity index is 715. The molecule has 0 aliphatic heterocycles. The molecule has 0 radical (unpaired) electrons. The van der Waals surface area contributed by atoms with Crippen LogP contribution in [0.1, 0.15) is 46.0 Å². The Balaban J connectivity index is 2.12. The number of carbonyl (C=O) groups excluding carboxylic acids is 1. The van der Waals surface area contributed by atoms with E-state index in [1.807, 2.05) is 36.4 Å². The van der Waals surface area contributed by atoms with Gasteiger partial charge in [-0.1, -0.05) is 63.4 Å². The Morgan fingerprint density at radius 2 is 1.78 bits per heavy atom. The van der Waals surface area contributed by atoms with Crippen molar-refractivity contribution in [1.29, 1.82) is 0 Å². The Hall–Kier alpha value is -2.49. The van der Waals surface area contributed by atoms with E-state index in [1.54, 1.807) is 11.9 Å². The van der Waals surface area contributed by atoms with E-state index in [9.17, 15) is 4.79 Å². The maximum atomic E-state index is 12.4. The third-order valence-corrected chi connectivity index (χ3v) is 4.55. The average Bonchev–Trinajstić information content (AvgIpc) is 2.71. The number of para-hydroxylation sites is 1. The lowest BCUT2D eigenvalue weighted by Gasteiger charge is -2.19. The molecule has 0 saturated carbocycles. The summed E-state index contributed by atoms with van der Waals surface area (Å²) in [4.78, 5) is 14.0. The van der Waals surface area contributed by atoms with Crippen LogP contribution in [0.15, 0.2) is 48.5 Å². The highest BCUT2D eigenvalue weighted by Gasteiger charge is 2.12. The van der Waals surface area contributed by atoms with E-state index in [2.05, 4.69) is 31.3 Å². The SMILES string of the molecule is CCCCCNC(=O)N(C)c1cccc(-c2ccccc2OCCCC)c1. The first-order chi connectivity index (χ1) is 13.2. The number of nitrogens with one attached hydrogen (secondary N) is 1. The number of amides is 2. The van der Waals surface area contributed by atoms with Crippen LogP contribution in [0.5, 0.6) is 5.75 Å². The molecule has 2 aromatic rings. The number of anilines is 1. The second kappa shape index (κ2) is 11.3. The summed E-state index contributed by atoms with van der Waals surface area (Å²) in [7, 11) is 1.80. The molecular weight excluding hydrogens is 336 g/mol. The summed E-state index contributed by atoms with van der Waals surface area (Å²) < 4.78 is 5.96. The van der Waals surface area contributed by atoms with Gasteiger partial charge in [-0.05, 0) is 36.6 Å². The van der Waals surface area contributed by atoms with E-state index in [-0.39, 0.29) is 6.03 Å². The molecule has 0 fully saturated rings. The highest BCUT2D eigenvalue weighted by atomic mass is 16.5. The number of nitrogens with zero attached hydrogens (tertiary/aromatic N) is 1. The van der Waals surface area contributed by atoms with Gasteiger partial charge in [-0.25, -0.2) is 4.79 Å². The Kier molecular flexibility index (Phi) is 8.69. The van der Waals surface area contributed by atoms with Crippen molar-refractivity contribution in [3.05, 3.63) is 48.5 Å². The Labute approximate surface area is 163 Å². The van der Waals surface area contributed by atoms with E-state index in [0.717, 1.165) is 54.7 Å². The summed E-state index contributed by atoms with van der Waals surface area (Å²) in [5, 5.41) is 2.98. The van der Waals surface area contributed by atoms with Gasteiger partial charge in [0.1, 0.15) is 5.75 Å². The smallest absolute Gasteiger partial charge is 0.321 e. The zero-order valence-corrected chi connectivity index (χ0v) is 16.8. The number of urea groups is 1. The minimum absolute atomic E-state index is 0.0734. The monoisotopic (exact) mass is 368 g/mol. The zero-order chi connectivity index (χ0) is 19.5. The average molecular weight is 369 g/mol. The summed E-state index contributed by atoms with van der Waals surface area (Å²) in [6.07, 6.45) is 5.44. The molecule has 0 saturated heterocycles. The van der Waals surface area contributed by atoms with Crippen LogP contribution in [0, 0.1) is 0 Å². The van der Waals surface area contributed by atoms with Crippen molar-refractivity contribution in [2.24, 2.45) is 0 Å². The minimum atomic E-state index is -0.0734. The van der Waals surface area contributed by atoms with Crippen LogP contribution in [-0.2, 0) is 0 Å². The molecule has 2 amide bonds. The van der Waals surface area contributed by atoms with Gasteiger partial charge in [-0.2, -0.15) is 0 Å². The fraction of sp³-hybridized carbons (Fsp3) is 0.435. The molecule has 0 unspecified atom stereocenters. The van der Waals surface area contributed by atoms with Gasteiger partial charge in [0.15, 0.2) is 0 Å². The lowest BCUT2D eigenvalue weighted by molar-refractivity contribution is 0.247. The molecule has 0 bridgehead atoms. The van der Waals surface area contributed by atoms with Crippen LogP contribution in [0.3, 0.4) is 0 Å². The van der Waals surface area contributed by atoms with Gasteiger partial charge >= 0.3 is 6.03 Å². The van der Waals surface area contributed by atoms with Gasteiger partial charge in [0.2, 0.25) is 0 Å². The highest BCUT2D eigenvalue weighted by Crippen LogP contribution is 2.32. The predicted octanol–water partition coefficient (Wildman–Crippen LogP) is 5.87. The highest BCUT2D eigenvalue weighted by molar-refractivity contribution is 5.92. The van der Waals surface area contributed by atoms with E-state index in [0.29, 0.717) is 13.2 Å². The molecule has 0 spiro atoms. The molecule has 0 atom stereocenters. The van der Waals surface area contributed by atoms with Crippen molar-refractivity contribution in [2.45, 2.75) is 46.0 Å². The largest absolute Gasteiger partial charge is 0.493 e. The zero-order valence-electron chi connectivity index (χ0n) is 16.8. The number of rotatable bonds is 10. The first-order valence-corrected chi connectivity index (χ1v) is 10.0. The second-order valence-corrected chi connectivity index (χ2v) is 6.75. The fourth-order valence-corrected chi connectivity index (χ4v) is 2.85. The molecule has 1 N–H and O–H groups in total. The van der Waals surface area contributed by atoms with Crippen molar-refractivity contribution >= 4 is 11.7 Å². The lowest BCUT2D eigenvalue weighted by atomic mass is 10.0. The van der Waals surface area contributed by atoms with E-state index >= 15 is 0 Å². The van der Waals surface area contributed by atoms with E-state index in [1.165, 1.54) is 0 Å².